The maximum absolute atomic E-state index is 12.6. The average Bonchev–Trinajstić information content (AvgIpc) is 2.69. The molecular formula is C22H35N3O4S. The van der Waals surface area contributed by atoms with Crippen LogP contribution in [0.5, 0.6) is 0 Å². The Kier molecular flexibility index (Phi) is 6.51. The first-order valence-electron chi connectivity index (χ1n) is 11.3. The molecule has 0 N–H and O–H groups in total. The molecule has 168 valence electrons. The number of hydrogen-bond donors (Lipinski definition) is 0. The Morgan fingerprint density at radius 3 is 2.07 bits per heavy atom. The second kappa shape index (κ2) is 8.97. The molecule has 4 saturated carbocycles. The van der Waals surface area contributed by atoms with Gasteiger partial charge in [-0.1, -0.05) is 0 Å². The minimum atomic E-state index is -0.240. The van der Waals surface area contributed by atoms with Gasteiger partial charge in [0.05, 0.1) is 19.1 Å². The fourth-order valence-electron chi connectivity index (χ4n) is 6.46. The predicted octanol–water partition coefficient (Wildman–Crippen LogP) is 1.12. The Balaban J connectivity index is 1.20. The van der Waals surface area contributed by atoms with Crippen LogP contribution in [0.2, 0.25) is 0 Å². The largest absolute Gasteiger partial charge is 0.859 e. The summed E-state index contributed by atoms with van der Waals surface area (Å²) in [4.78, 5) is 32.2. The number of aliphatic imine (C=N–C) groups is 1. The summed E-state index contributed by atoms with van der Waals surface area (Å²) >= 11 is 0. The van der Waals surface area contributed by atoms with Gasteiger partial charge in [-0.15, -0.1) is 0 Å². The summed E-state index contributed by atoms with van der Waals surface area (Å²) in [5.41, 5.74) is 0.229. The highest BCUT2D eigenvalue weighted by Crippen LogP contribution is 2.60. The third-order valence-corrected chi connectivity index (χ3v) is 8.18. The normalized spacial score (nSPS) is 33.3. The number of nitrogens with zero attached hydrogens (tertiary/aromatic N) is 3. The summed E-state index contributed by atoms with van der Waals surface area (Å²) in [5, 5.41) is 11.7. The molecule has 5 aliphatic rings. The van der Waals surface area contributed by atoms with Crippen LogP contribution in [0.4, 0.5) is 4.79 Å². The lowest BCUT2D eigenvalue weighted by molar-refractivity contribution is -0.215. The van der Waals surface area contributed by atoms with Crippen molar-refractivity contribution in [2.45, 2.75) is 38.5 Å². The fourth-order valence-corrected chi connectivity index (χ4v) is 7.04. The molecule has 5 fully saturated rings. The van der Waals surface area contributed by atoms with E-state index in [0.29, 0.717) is 38.5 Å². The van der Waals surface area contributed by atoms with Gasteiger partial charge in [0.15, 0.2) is 0 Å². The molecule has 1 saturated heterocycles. The third kappa shape index (κ3) is 5.06. The Bertz CT molecular complexity index is 653. The van der Waals surface area contributed by atoms with Crippen LogP contribution in [0.15, 0.2) is 4.99 Å². The van der Waals surface area contributed by atoms with E-state index >= 15 is 0 Å². The van der Waals surface area contributed by atoms with Crippen molar-refractivity contribution >= 4 is 28.8 Å². The molecule has 0 aromatic carbocycles. The molecule has 30 heavy (non-hydrogen) atoms. The number of ether oxygens (including phenoxy) is 1. The van der Waals surface area contributed by atoms with Gasteiger partial charge < -0.3 is 19.6 Å². The molecule has 0 unspecified atom stereocenters. The minimum Gasteiger partial charge on any atom is -0.859 e. The van der Waals surface area contributed by atoms with Crippen molar-refractivity contribution in [2.75, 3.05) is 57.6 Å². The summed E-state index contributed by atoms with van der Waals surface area (Å²) in [6, 6.07) is 0. The molecule has 7 nitrogen and oxygen atoms in total. The minimum absolute atomic E-state index is 0.00757. The van der Waals surface area contributed by atoms with Gasteiger partial charge in [-0.3, -0.25) is 9.79 Å². The monoisotopic (exact) mass is 437 g/mol. The smallest absolute Gasteiger partial charge is 0.409 e. The van der Waals surface area contributed by atoms with E-state index in [1.54, 1.807) is 9.80 Å². The average molecular weight is 438 g/mol. The molecule has 2 amide bonds. The molecule has 5 rings (SSSR count). The zero-order valence-corrected chi connectivity index (χ0v) is 19.1. The molecule has 1 aliphatic heterocycles. The van der Waals surface area contributed by atoms with Gasteiger partial charge in [0.25, 0.3) is 0 Å². The number of amides is 2. The Labute approximate surface area is 182 Å². The van der Waals surface area contributed by atoms with Crippen LogP contribution < -0.4 is 5.11 Å². The number of carbonyl (C=O) groups is 2. The maximum atomic E-state index is 12.6. The van der Waals surface area contributed by atoms with E-state index < -0.39 is 0 Å². The van der Waals surface area contributed by atoms with E-state index in [0.717, 1.165) is 17.8 Å². The number of rotatable bonds is 6. The summed E-state index contributed by atoms with van der Waals surface area (Å²) in [5.74, 6) is 2.60. The molecule has 4 bridgehead atoms. The van der Waals surface area contributed by atoms with Gasteiger partial charge in [0.1, 0.15) is 12.3 Å². The van der Waals surface area contributed by atoms with E-state index in [1.165, 1.54) is 38.5 Å². The topological polar surface area (TPSA) is 85.3 Å². The lowest BCUT2D eigenvalue weighted by atomic mass is 9.50. The lowest BCUT2D eigenvalue weighted by Gasteiger charge is -2.56. The van der Waals surface area contributed by atoms with Crippen LogP contribution in [-0.4, -0.2) is 85.3 Å². The number of hydrogen-bond acceptors (Lipinski definition) is 5. The molecular weight excluding hydrogens is 402 g/mol. The standard InChI is InChI=1S/C22H35N3O4S/c1-30(2)14-19(26)23-13-20(27)24-3-5-25(6-4-24)21(28)29-15-22-10-16-7-17(11-22)9-18(8-16)12-22/h16-18H,3-15H2,1-2H3. The zero-order valence-electron chi connectivity index (χ0n) is 18.3. The van der Waals surface area contributed by atoms with E-state index in [9.17, 15) is 14.7 Å². The van der Waals surface area contributed by atoms with Gasteiger partial charge in [0, 0.05) is 37.5 Å². The number of carbonyl (C=O) groups excluding carboxylic acids is 2. The molecule has 0 radical (unpaired) electrons. The highest BCUT2D eigenvalue weighted by Gasteiger charge is 2.51. The molecule has 4 aliphatic carbocycles. The summed E-state index contributed by atoms with van der Waals surface area (Å²) in [7, 11) is -0.00757. The Hall–Kier alpha value is -1.44. The first-order chi connectivity index (χ1) is 14.3. The SMILES string of the molecule is C[S+](C)CC([O-])=NCC(=O)N1CCN(C(=O)OCC23CC4CC(CC(C4)C2)C3)CC1. The van der Waals surface area contributed by atoms with Crippen LogP contribution in [0.1, 0.15) is 38.5 Å². The third-order valence-electron chi connectivity index (χ3n) is 7.36. The van der Waals surface area contributed by atoms with Crippen LogP contribution in [0.3, 0.4) is 0 Å². The van der Waals surface area contributed by atoms with E-state index in [1.807, 2.05) is 12.5 Å². The summed E-state index contributed by atoms with van der Waals surface area (Å²) in [6.07, 6.45) is 11.6. The van der Waals surface area contributed by atoms with E-state index in [-0.39, 0.29) is 40.8 Å². The second-order valence-corrected chi connectivity index (χ2v) is 12.4. The van der Waals surface area contributed by atoms with Crippen molar-refractivity contribution in [1.82, 2.24) is 9.80 Å². The molecule has 0 spiro atoms. The van der Waals surface area contributed by atoms with Gasteiger partial charge in [-0.25, -0.2) is 4.79 Å². The zero-order chi connectivity index (χ0) is 21.3. The van der Waals surface area contributed by atoms with E-state index in [2.05, 4.69) is 4.99 Å². The van der Waals surface area contributed by atoms with Crippen molar-refractivity contribution in [3.8, 4) is 0 Å². The van der Waals surface area contributed by atoms with Crippen LogP contribution in [0.25, 0.3) is 0 Å². The van der Waals surface area contributed by atoms with Crippen molar-refractivity contribution < 1.29 is 19.4 Å². The van der Waals surface area contributed by atoms with Crippen LogP contribution >= 0.6 is 0 Å². The van der Waals surface area contributed by atoms with E-state index in [4.69, 9.17) is 4.74 Å². The summed E-state index contributed by atoms with van der Waals surface area (Å²) < 4.78 is 5.80. The van der Waals surface area contributed by atoms with Crippen LogP contribution in [0, 0.1) is 23.2 Å². The van der Waals surface area contributed by atoms with Gasteiger partial charge in [-0.05, 0) is 67.2 Å². The maximum Gasteiger partial charge on any atom is 0.409 e. The first kappa shape index (κ1) is 21.8. The second-order valence-electron chi connectivity index (χ2n) is 10.2. The predicted molar refractivity (Wildman–Crippen MR) is 116 cm³/mol. The summed E-state index contributed by atoms with van der Waals surface area (Å²) in [6.45, 7) is 2.37. The molecule has 0 aromatic heterocycles. The Morgan fingerprint density at radius 2 is 1.53 bits per heavy atom. The molecule has 0 atom stereocenters. The highest BCUT2D eigenvalue weighted by molar-refractivity contribution is 7.96. The van der Waals surface area contributed by atoms with Gasteiger partial charge in [0.2, 0.25) is 5.91 Å². The van der Waals surface area contributed by atoms with Crippen molar-refractivity contribution in [2.24, 2.45) is 28.2 Å². The van der Waals surface area contributed by atoms with Crippen LogP contribution in [-0.2, 0) is 20.4 Å². The fraction of sp³-hybridized carbons (Fsp3) is 0.864. The van der Waals surface area contributed by atoms with Crippen molar-refractivity contribution in [3.05, 3.63) is 0 Å². The van der Waals surface area contributed by atoms with Gasteiger partial charge >= 0.3 is 6.09 Å². The number of piperazine rings is 1. The highest BCUT2D eigenvalue weighted by atomic mass is 32.2. The molecule has 0 aromatic rings. The Morgan fingerprint density at radius 1 is 1.00 bits per heavy atom. The van der Waals surface area contributed by atoms with Gasteiger partial charge in [-0.2, -0.15) is 0 Å². The molecule has 8 heteroatoms. The van der Waals surface area contributed by atoms with Crippen molar-refractivity contribution in [1.29, 1.82) is 0 Å². The molecule has 1 heterocycles. The first-order valence-corrected chi connectivity index (χ1v) is 13.5. The quantitative estimate of drug-likeness (QED) is 0.354. The lowest BCUT2D eigenvalue weighted by Crippen LogP contribution is -2.52. The van der Waals surface area contributed by atoms with Crippen molar-refractivity contribution in [3.63, 3.8) is 0 Å².